The Labute approximate surface area is 204 Å². The number of fused-ring (bicyclic) bond motifs is 2. The maximum absolute atomic E-state index is 12.4. The molecule has 1 saturated heterocycles. The lowest BCUT2D eigenvalue weighted by Crippen LogP contribution is -2.35. The molecule has 2 aromatic heterocycles. The van der Waals surface area contributed by atoms with Crippen LogP contribution in [0, 0.1) is 5.41 Å². The molecule has 3 heterocycles. The van der Waals surface area contributed by atoms with Crippen molar-refractivity contribution in [3.63, 3.8) is 0 Å². The third-order valence-corrected chi connectivity index (χ3v) is 6.66. The number of nitrogens with zero attached hydrogens (tertiary/aromatic N) is 4. The summed E-state index contributed by atoms with van der Waals surface area (Å²) in [6.07, 6.45) is 4.85. The van der Waals surface area contributed by atoms with E-state index >= 15 is 0 Å². The van der Waals surface area contributed by atoms with Gasteiger partial charge in [0.15, 0.2) is 0 Å². The first kappa shape index (κ1) is 23.0. The molecule has 4 aromatic rings. The molecule has 2 aromatic carbocycles. The number of nitrogen functional groups attached to an aromatic ring is 1. The van der Waals surface area contributed by atoms with Gasteiger partial charge in [0.2, 0.25) is 5.91 Å². The molecule has 9 heteroatoms. The number of amidine groups is 1. The SMILES string of the molecule is N=C(N)c1ccc2nc(Cc3nc4ccccc4n3CCNC(=O)CCN3CCCCC3)[nH]c2c1. The molecule has 5 N–H and O–H groups in total. The van der Waals surface area contributed by atoms with Crippen LogP contribution in [-0.4, -0.2) is 62.3 Å². The summed E-state index contributed by atoms with van der Waals surface area (Å²) in [5.41, 5.74) is 9.93. The highest BCUT2D eigenvalue weighted by molar-refractivity contribution is 5.97. The molecule has 0 bridgehead atoms. The van der Waals surface area contributed by atoms with Crippen molar-refractivity contribution in [2.75, 3.05) is 26.2 Å². The Balaban J connectivity index is 1.27. The Kier molecular flexibility index (Phi) is 6.76. The lowest BCUT2D eigenvalue weighted by Gasteiger charge is -2.25. The van der Waals surface area contributed by atoms with Gasteiger partial charge < -0.3 is 25.5 Å². The largest absolute Gasteiger partial charge is 0.384 e. The molecule has 35 heavy (non-hydrogen) atoms. The van der Waals surface area contributed by atoms with E-state index in [9.17, 15) is 4.79 Å². The van der Waals surface area contributed by atoms with Crippen LogP contribution in [0.2, 0.25) is 0 Å². The molecule has 5 rings (SSSR count). The number of imidazole rings is 2. The maximum Gasteiger partial charge on any atom is 0.221 e. The first-order valence-electron chi connectivity index (χ1n) is 12.3. The number of para-hydroxylation sites is 2. The number of nitrogens with two attached hydrogens (primary N) is 1. The number of carbonyl (C=O) groups is 1. The van der Waals surface area contributed by atoms with Crippen LogP contribution in [-0.2, 0) is 17.8 Å². The Morgan fingerprint density at radius 1 is 1.06 bits per heavy atom. The average molecular weight is 473 g/mol. The summed E-state index contributed by atoms with van der Waals surface area (Å²) in [5.74, 6) is 1.81. The minimum Gasteiger partial charge on any atom is -0.384 e. The summed E-state index contributed by atoms with van der Waals surface area (Å²) in [4.78, 5) is 27.7. The number of hydrogen-bond acceptors (Lipinski definition) is 5. The Bertz CT molecular complexity index is 1350. The maximum atomic E-state index is 12.4. The summed E-state index contributed by atoms with van der Waals surface area (Å²) in [6, 6.07) is 13.6. The number of piperidine rings is 1. The zero-order valence-corrected chi connectivity index (χ0v) is 19.9. The molecule has 9 nitrogen and oxygen atoms in total. The van der Waals surface area contributed by atoms with E-state index in [1.165, 1.54) is 19.3 Å². The van der Waals surface area contributed by atoms with E-state index < -0.39 is 0 Å². The van der Waals surface area contributed by atoms with Crippen molar-refractivity contribution >= 4 is 33.8 Å². The number of hydrogen-bond donors (Lipinski definition) is 4. The molecule has 0 spiro atoms. The van der Waals surface area contributed by atoms with Gasteiger partial charge in [-0.1, -0.05) is 18.6 Å². The van der Waals surface area contributed by atoms with Crippen LogP contribution < -0.4 is 11.1 Å². The number of likely N-dealkylation sites (tertiary alicyclic amines) is 1. The van der Waals surface area contributed by atoms with E-state index in [0.29, 0.717) is 31.5 Å². The number of carbonyl (C=O) groups excluding carboxylic acids is 1. The highest BCUT2D eigenvalue weighted by atomic mass is 16.1. The minimum atomic E-state index is 0.0304. The van der Waals surface area contributed by atoms with E-state index in [-0.39, 0.29) is 11.7 Å². The van der Waals surface area contributed by atoms with Crippen molar-refractivity contribution in [3.8, 4) is 0 Å². The fraction of sp³-hybridized carbons (Fsp3) is 0.385. The molecule has 1 amide bonds. The standard InChI is InChI=1S/C26H32N8O/c27-26(28)18-8-9-19-21(16-18)31-23(30-19)17-24-32-20-6-2-3-7-22(20)34(24)15-11-29-25(35)10-14-33-12-4-1-5-13-33/h2-3,6-9,16H,1,4-5,10-15,17H2,(H3,27,28)(H,29,35)(H,30,31). The number of aromatic amines is 1. The number of rotatable bonds is 9. The van der Waals surface area contributed by atoms with Gasteiger partial charge in [-0.25, -0.2) is 9.97 Å². The quantitative estimate of drug-likeness (QED) is 0.220. The third-order valence-electron chi connectivity index (χ3n) is 6.66. The van der Waals surface area contributed by atoms with Gasteiger partial charge in [-0.15, -0.1) is 0 Å². The van der Waals surface area contributed by atoms with Gasteiger partial charge >= 0.3 is 0 Å². The summed E-state index contributed by atoms with van der Waals surface area (Å²) in [7, 11) is 0. The lowest BCUT2D eigenvalue weighted by molar-refractivity contribution is -0.121. The van der Waals surface area contributed by atoms with Crippen molar-refractivity contribution in [1.82, 2.24) is 29.7 Å². The predicted molar refractivity (Wildman–Crippen MR) is 138 cm³/mol. The van der Waals surface area contributed by atoms with E-state index in [1.807, 2.05) is 30.3 Å². The number of nitrogens with one attached hydrogen (secondary N) is 3. The van der Waals surface area contributed by atoms with E-state index in [1.54, 1.807) is 6.07 Å². The summed E-state index contributed by atoms with van der Waals surface area (Å²) < 4.78 is 2.16. The molecule has 0 radical (unpaired) electrons. The van der Waals surface area contributed by atoms with Gasteiger partial charge in [0, 0.05) is 31.6 Å². The van der Waals surface area contributed by atoms with E-state index in [0.717, 1.165) is 53.3 Å². The van der Waals surface area contributed by atoms with Crippen molar-refractivity contribution in [2.45, 2.75) is 38.6 Å². The Morgan fingerprint density at radius 2 is 1.89 bits per heavy atom. The van der Waals surface area contributed by atoms with Gasteiger partial charge in [0.1, 0.15) is 17.5 Å². The highest BCUT2D eigenvalue weighted by Crippen LogP contribution is 2.20. The van der Waals surface area contributed by atoms with Crippen molar-refractivity contribution in [1.29, 1.82) is 5.41 Å². The number of amides is 1. The fourth-order valence-electron chi connectivity index (χ4n) is 4.81. The molecular weight excluding hydrogens is 440 g/mol. The molecule has 0 unspecified atom stereocenters. The second-order valence-electron chi connectivity index (χ2n) is 9.18. The van der Waals surface area contributed by atoms with Crippen LogP contribution in [0.3, 0.4) is 0 Å². The number of benzene rings is 2. The van der Waals surface area contributed by atoms with Crippen LogP contribution in [0.25, 0.3) is 22.1 Å². The zero-order chi connectivity index (χ0) is 24.2. The average Bonchev–Trinajstić information content (AvgIpc) is 3.43. The molecule has 0 saturated carbocycles. The monoisotopic (exact) mass is 472 g/mol. The van der Waals surface area contributed by atoms with Crippen molar-refractivity contribution in [2.24, 2.45) is 5.73 Å². The van der Waals surface area contributed by atoms with E-state index in [2.05, 4.69) is 25.8 Å². The smallest absolute Gasteiger partial charge is 0.221 e. The first-order chi connectivity index (χ1) is 17.1. The summed E-state index contributed by atoms with van der Waals surface area (Å²) in [6.45, 7) is 4.24. The summed E-state index contributed by atoms with van der Waals surface area (Å²) in [5, 5.41) is 10.7. The van der Waals surface area contributed by atoms with Gasteiger partial charge in [-0.2, -0.15) is 0 Å². The molecule has 1 aliphatic heterocycles. The van der Waals surface area contributed by atoms with Gasteiger partial charge in [0.05, 0.1) is 28.5 Å². The number of aromatic nitrogens is 4. The lowest BCUT2D eigenvalue weighted by atomic mass is 10.1. The van der Waals surface area contributed by atoms with Gasteiger partial charge in [0.25, 0.3) is 0 Å². The van der Waals surface area contributed by atoms with E-state index in [4.69, 9.17) is 21.1 Å². The highest BCUT2D eigenvalue weighted by Gasteiger charge is 2.15. The second kappa shape index (κ2) is 10.3. The number of H-pyrrole nitrogens is 1. The Hall–Kier alpha value is -3.72. The molecule has 182 valence electrons. The van der Waals surface area contributed by atoms with Crippen LogP contribution >= 0.6 is 0 Å². The van der Waals surface area contributed by atoms with Crippen LogP contribution in [0.15, 0.2) is 42.5 Å². The minimum absolute atomic E-state index is 0.0304. The topological polar surface area (TPSA) is 129 Å². The van der Waals surface area contributed by atoms with Crippen LogP contribution in [0.5, 0.6) is 0 Å². The zero-order valence-electron chi connectivity index (χ0n) is 19.9. The molecule has 1 aliphatic rings. The normalized spacial score (nSPS) is 14.5. The van der Waals surface area contributed by atoms with Crippen LogP contribution in [0.4, 0.5) is 0 Å². The van der Waals surface area contributed by atoms with Crippen molar-refractivity contribution in [3.05, 3.63) is 59.7 Å². The first-order valence-corrected chi connectivity index (χ1v) is 12.3. The Morgan fingerprint density at radius 3 is 2.71 bits per heavy atom. The second-order valence-corrected chi connectivity index (χ2v) is 9.18. The van der Waals surface area contributed by atoms with Crippen molar-refractivity contribution < 1.29 is 4.79 Å². The molecule has 0 atom stereocenters. The summed E-state index contributed by atoms with van der Waals surface area (Å²) >= 11 is 0. The van der Waals surface area contributed by atoms with Gasteiger partial charge in [-0.05, 0) is 56.3 Å². The van der Waals surface area contributed by atoms with Crippen LogP contribution in [0.1, 0.15) is 42.9 Å². The molecule has 0 aliphatic carbocycles. The fourth-order valence-corrected chi connectivity index (χ4v) is 4.81. The third kappa shape index (κ3) is 5.35. The van der Waals surface area contributed by atoms with Gasteiger partial charge in [-0.3, -0.25) is 10.2 Å². The molecular formula is C26H32N8O. The predicted octanol–water partition coefficient (Wildman–Crippen LogP) is 2.78. The molecule has 1 fully saturated rings.